The second-order valence-electron chi connectivity index (χ2n) is 4.07. The number of benzene rings is 1. The van der Waals surface area contributed by atoms with Crippen molar-refractivity contribution in [3.05, 3.63) is 23.5 Å². The van der Waals surface area contributed by atoms with Crippen LogP contribution in [0.5, 0.6) is 0 Å². The van der Waals surface area contributed by atoms with Gasteiger partial charge in [0, 0.05) is 18.0 Å². The van der Waals surface area contributed by atoms with Crippen molar-refractivity contribution in [2.45, 2.75) is 6.92 Å². The fraction of sp³-hybridized carbons (Fsp3) is 0.417. The predicted molar refractivity (Wildman–Crippen MR) is 75.0 cm³/mol. The molecule has 0 aromatic heterocycles. The Balaban J connectivity index is 2.88. The minimum absolute atomic E-state index is 0.00547. The molecule has 0 bridgehead atoms. The normalized spacial score (nSPS) is 11.2. The Kier molecular flexibility index (Phi) is 5.32. The molecular weight excluding hydrogens is 287 g/mol. The van der Waals surface area contributed by atoms with Crippen LogP contribution in [0.4, 0.5) is 15.8 Å². The summed E-state index contributed by atoms with van der Waals surface area (Å²) in [5.41, 5.74) is 5.51. The number of rotatable bonds is 6. The van der Waals surface area contributed by atoms with E-state index in [1.165, 1.54) is 20.1 Å². The van der Waals surface area contributed by atoms with E-state index in [4.69, 9.17) is 5.73 Å². The summed E-state index contributed by atoms with van der Waals surface area (Å²) in [6, 6.07) is 2.19. The number of esters is 1. The van der Waals surface area contributed by atoms with Gasteiger partial charge in [0.05, 0.1) is 24.1 Å². The van der Waals surface area contributed by atoms with Crippen LogP contribution in [0.25, 0.3) is 0 Å². The van der Waals surface area contributed by atoms with Gasteiger partial charge in [-0.1, -0.05) is 6.92 Å². The highest BCUT2D eigenvalue weighted by Crippen LogP contribution is 2.22. The lowest BCUT2D eigenvalue weighted by molar-refractivity contribution is 0.0602. The number of halogens is 1. The van der Waals surface area contributed by atoms with E-state index in [-0.39, 0.29) is 35.0 Å². The number of nitrogens with one attached hydrogen (secondary N) is 1. The van der Waals surface area contributed by atoms with Gasteiger partial charge in [-0.15, -0.1) is 0 Å². The van der Waals surface area contributed by atoms with E-state index in [1.54, 1.807) is 0 Å². The number of anilines is 2. The van der Waals surface area contributed by atoms with Gasteiger partial charge in [0.15, 0.2) is 9.84 Å². The summed E-state index contributed by atoms with van der Waals surface area (Å²) in [5.74, 6) is -1.46. The van der Waals surface area contributed by atoms with E-state index < -0.39 is 21.6 Å². The minimum atomic E-state index is -3.14. The third kappa shape index (κ3) is 4.09. The van der Waals surface area contributed by atoms with Crippen molar-refractivity contribution in [1.29, 1.82) is 0 Å². The SMILES string of the molecule is CCS(=O)(=O)CCNc1cc(C(=O)OC)c(N)cc1F. The Morgan fingerprint density at radius 1 is 1.45 bits per heavy atom. The average Bonchev–Trinajstić information content (AvgIpc) is 2.40. The minimum Gasteiger partial charge on any atom is -0.465 e. The Morgan fingerprint density at radius 3 is 2.65 bits per heavy atom. The molecule has 0 fully saturated rings. The molecule has 0 saturated carbocycles. The monoisotopic (exact) mass is 304 g/mol. The molecule has 1 aromatic carbocycles. The van der Waals surface area contributed by atoms with Crippen molar-refractivity contribution in [1.82, 2.24) is 0 Å². The van der Waals surface area contributed by atoms with E-state index in [9.17, 15) is 17.6 Å². The molecule has 0 atom stereocenters. The Morgan fingerprint density at radius 2 is 2.10 bits per heavy atom. The van der Waals surface area contributed by atoms with Crippen LogP contribution < -0.4 is 11.1 Å². The number of hydrogen-bond acceptors (Lipinski definition) is 6. The summed E-state index contributed by atoms with van der Waals surface area (Å²) in [6.07, 6.45) is 0. The molecule has 6 nitrogen and oxygen atoms in total. The maximum Gasteiger partial charge on any atom is 0.340 e. The standard InChI is InChI=1S/C12H17FN2O4S/c1-3-20(17,18)5-4-15-11-6-8(12(16)19-2)10(14)7-9(11)13/h6-7,15H,3-5,14H2,1-2H3. The fourth-order valence-electron chi connectivity index (χ4n) is 1.50. The van der Waals surface area contributed by atoms with Gasteiger partial charge in [-0.05, 0) is 12.1 Å². The molecule has 0 heterocycles. The van der Waals surface area contributed by atoms with E-state index in [0.717, 1.165) is 6.07 Å². The molecule has 0 aliphatic rings. The van der Waals surface area contributed by atoms with Gasteiger partial charge in [-0.2, -0.15) is 0 Å². The zero-order valence-electron chi connectivity index (χ0n) is 11.3. The molecule has 1 aromatic rings. The smallest absolute Gasteiger partial charge is 0.340 e. The first-order valence-electron chi connectivity index (χ1n) is 5.92. The van der Waals surface area contributed by atoms with E-state index in [0.29, 0.717) is 0 Å². The number of sulfone groups is 1. The number of ether oxygens (including phenoxy) is 1. The molecule has 1 rings (SSSR count). The number of carbonyl (C=O) groups is 1. The lowest BCUT2D eigenvalue weighted by atomic mass is 10.1. The van der Waals surface area contributed by atoms with Crippen LogP contribution in [0.2, 0.25) is 0 Å². The lowest BCUT2D eigenvalue weighted by Gasteiger charge is -2.11. The number of nitrogen functional groups attached to an aromatic ring is 1. The lowest BCUT2D eigenvalue weighted by Crippen LogP contribution is -2.18. The number of nitrogens with two attached hydrogens (primary N) is 1. The van der Waals surface area contributed by atoms with Crippen LogP contribution in [0, 0.1) is 5.82 Å². The molecule has 0 spiro atoms. The van der Waals surface area contributed by atoms with Crippen LogP contribution in [0.1, 0.15) is 17.3 Å². The summed E-state index contributed by atoms with van der Waals surface area (Å²) in [6.45, 7) is 1.58. The molecule has 8 heteroatoms. The largest absolute Gasteiger partial charge is 0.465 e. The van der Waals surface area contributed by atoms with E-state index in [1.807, 2.05) is 0 Å². The van der Waals surface area contributed by atoms with Crippen LogP contribution in [-0.2, 0) is 14.6 Å². The third-order valence-electron chi connectivity index (χ3n) is 2.71. The summed E-state index contributed by atoms with van der Waals surface area (Å²) < 4.78 is 40.8. The van der Waals surface area contributed by atoms with E-state index in [2.05, 4.69) is 10.1 Å². The molecule has 0 aliphatic carbocycles. The first-order chi connectivity index (χ1) is 9.30. The molecule has 0 amide bonds. The molecule has 0 aliphatic heterocycles. The second kappa shape index (κ2) is 6.56. The van der Waals surface area contributed by atoms with Gasteiger partial charge in [0.25, 0.3) is 0 Å². The number of carbonyl (C=O) groups excluding carboxylic acids is 1. The predicted octanol–water partition coefficient (Wildman–Crippen LogP) is 1.04. The first kappa shape index (κ1) is 16.2. The molecule has 0 saturated heterocycles. The van der Waals surface area contributed by atoms with Crippen LogP contribution in [0.3, 0.4) is 0 Å². The van der Waals surface area contributed by atoms with Gasteiger partial charge in [0.2, 0.25) is 0 Å². The highest BCUT2D eigenvalue weighted by atomic mass is 32.2. The van der Waals surface area contributed by atoms with Crippen molar-refractivity contribution in [2.75, 3.05) is 36.2 Å². The molecule has 112 valence electrons. The Bertz CT molecular complexity index is 602. The molecule has 0 radical (unpaired) electrons. The second-order valence-corrected chi connectivity index (χ2v) is 6.55. The van der Waals surface area contributed by atoms with E-state index >= 15 is 0 Å². The maximum absolute atomic E-state index is 13.7. The van der Waals surface area contributed by atoms with Crippen molar-refractivity contribution in [3.8, 4) is 0 Å². The molecular formula is C12H17FN2O4S. The fourth-order valence-corrected chi connectivity index (χ4v) is 2.20. The summed E-state index contributed by atoms with van der Waals surface area (Å²) >= 11 is 0. The van der Waals surface area contributed by atoms with Gasteiger partial charge in [-0.3, -0.25) is 0 Å². The molecule has 3 N–H and O–H groups in total. The van der Waals surface area contributed by atoms with Crippen LogP contribution in [-0.4, -0.2) is 39.5 Å². The van der Waals surface area contributed by atoms with Gasteiger partial charge >= 0.3 is 5.97 Å². The maximum atomic E-state index is 13.7. The average molecular weight is 304 g/mol. The Labute approximate surface area is 117 Å². The van der Waals surface area contributed by atoms with Crippen molar-refractivity contribution in [3.63, 3.8) is 0 Å². The topological polar surface area (TPSA) is 98.5 Å². The van der Waals surface area contributed by atoms with Gasteiger partial charge < -0.3 is 15.8 Å². The summed E-state index contributed by atoms with van der Waals surface area (Å²) in [7, 11) is -1.96. The van der Waals surface area contributed by atoms with Crippen molar-refractivity contribution < 1.29 is 22.3 Å². The first-order valence-corrected chi connectivity index (χ1v) is 7.74. The zero-order valence-corrected chi connectivity index (χ0v) is 12.1. The number of hydrogen-bond donors (Lipinski definition) is 2. The van der Waals surface area contributed by atoms with Crippen molar-refractivity contribution in [2.24, 2.45) is 0 Å². The highest BCUT2D eigenvalue weighted by molar-refractivity contribution is 7.91. The summed E-state index contributed by atoms with van der Waals surface area (Å²) in [4.78, 5) is 11.4. The van der Waals surface area contributed by atoms with Crippen LogP contribution >= 0.6 is 0 Å². The zero-order chi connectivity index (χ0) is 15.3. The molecule has 20 heavy (non-hydrogen) atoms. The van der Waals surface area contributed by atoms with Gasteiger partial charge in [0.1, 0.15) is 5.82 Å². The quantitative estimate of drug-likeness (QED) is 0.602. The van der Waals surface area contributed by atoms with Crippen molar-refractivity contribution >= 4 is 27.2 Å². The summed E-state index contributed by atoms with van der Waals surface area (Å²) in [5, 5.41) is 2.63. The Hall–Kier alpha value is -1.83. The highest BCUT2D eigenvalue weighted by Gasteiger charge is 2.15. The third-order valence-corrected chi connectivity index (χ3v) is 4.42. The number of methoxy groups -OCH3 is 1. The molecule has 0 unspecified atom stereocenters. The van der Waals surface area contributed by atoms with Gasteiger partial charge in [-0.25, -0.2) is 17.6 Å². The van der Waals surface area contributed by atoms with Crippen LogP contribution in [0.15, 0.2) is 12.1 Å².